The largest absolute Gasteiger partial charge is 0.356 e. The van der Waals surface area contributed by atoms with Crippen molar-refractivity contribution in [2.75, 3.05) is 13.6 Å². The zero-order valence-corrected chi connectivity index (χ0v) is 15.6. The Morgan fingerprint density at radius 3 is 2.67 bits per heavy atom. The van der Waals surface area contributed by atoms with Crippen LogP contribution in [0.15, 0.2) is 23.2 Å². The molecule has 1 heterocycles. The maximum absolute atomic E-state index is 6.18. The van der Waals surface area contributed by atoms with E-state index >= 15 is 0 Å². The van der Waals surface area contributed by atoms with Crippen LogP contribution in [0.25, 0.3) is 0 Å². The number of hydrogen-bond acceptors (Lipinski definition) is 3. The van der Waals surface area contributed by atoms with Crippen LogP contribution in [-0.2, 0) is 20.0 Å². The first-order valence-electron chi connectivity index (χ1n) is 7.74. The maximum atomic E-state index is 6.18. The summed E-state index contributed by atoms with van der Waals surface area (Å²) in [5.41, 5.74) is 1.10. The monoisotopic (exact) mass is 368 g/mol. The van der Waals surface area contributed by atoms with Gasteiger partial charge in [-0.25, -0.2) is 0 Å². The van der Waals surface area contributed by atoms with E-state index in [1.807, 2.05) is 30.7 Å². The second kappa shape index (κ2) is 8.89. The lowest BCUT2D eigenvalue weighted by Crippen LogP contribution is -2.38. The van der Waals surface area contributed by atoms with Crippen molar-refractivity contribution in [3.63, 3.8) is 0 Å². The van der Waals surface area contributed by atoms with Crippen molar-refractivity contribution in [1.82, 2.24) is 25.4 Å². The number of rotatable bonds is 6. The van der Waals surface area contributed by atoms with Gasteiger partial charge in [-0.05, 0) is 37.5 Å². The van der Waals surface area contributed by atoms with Crippen LogP contribution in [0.5, 0.6) is 0 Å². The number of guanidine groups is 1. The third kappa shape index (κ3) is 5.11. The lowest BCUT2D eigenvalue weighted by Gasteiger charge is -2.12. The number of benzene rings is 1. The van der Waals surface area contributed by atoms with Gasteiger partial charge in [-0.1, -0.05) is 29.3 Å². The van der Waals surface area contributed by atoms with Gasteiger partial charge in [0.2, 0.25) is 0 Å². The maximum Gasteiger partial charge on any atom is 0.191 e. The molecule has 2 aromatic rings. The van der Waals surface area contributed by atoms with Crippen LogP contribution in [-0.4, -0.2) is 34.3 Å². The average Bonchev–Trinajstić information content (AvgIpc) is 2.87. The van der Waals surface area contributed by atoms with Gasteiger partial charge in [0.25, 0.3) is 0 Å². The van der Waals surface area contributed by atoms with E-state index in [0.717, 1.165) is 42.6 Å². The average molecular weight is 369 g/mol. The molecule has 1 aromatic heterocycles. The van der Waals surface area contributed by atoms with Gasteiger partial charge in [0.1, 0.15) is 5.82 Å². The van der Waals surface area contributed by atoms with E-state index in [2.05, 4.69) is 25.8 Å². The molecule has 24 heavy (non-hydrogen) atoms. The Morgan fingerprint density at radius 2 is 2.04 bits per heavy atom. The Morgan fingerprint density at radius 1 is 1.25 bits per heavy atom. The Kier molecular flexibility index (Phi) is 6.87. The lowest BCUT2D eigenvalue weighted by molar-refractivity contribution is 0.704. The standard InChI is InChI=1S/C16H22Cl2N6/c1-11-22-23-15(24(11)3)10-21-16(19-2)20-8-4-5-12-6-7-13(17)9-14(12)18/h6-7,9H,4-5,8,10H2,1-3H3,(H2,19,20,21). The summed E-state index contributed by atoms with van der Waals surface area (Å²) in [6, 6.07) is 5.60. The van der Waals surface area contributed by atoms with E-state index in [4.69, 9.17) is 23.2 Å². The van der Waals surface area contributed by atoms with Crippen LogP contribution in [0.2, 0.25) is 10.0 Å². The molecule has 0 unspecified atom stereocenters. The van der Waals surface area contributed by atoms with Gasteiger partial charge in [-0.15, -0.1) is 10.2 Å². The van der Waals surface area contributed by atoms with E-state index in [1.165, 1.54) is 0 Å². The van der Waals surface area contributed by atoms with Crippen molar-refractivity contribution in [2.45, 2.75) is 26.3 Å². The van der Waals surface area contributed by atoms with E-state index in [1.54, 1.807) is 13.1 Å². The normalized spacial score (nSPS) is 11.6. The van der Waals surface area contributed by atoms with Crippen molar-refractivity contribution in [3.05, 3.63) is 45.5 Å². The third-order valence-electron chi connectivity index (χ3n) is 3.75. The predicted octanol–water partition coefficient (Wildman–Crippen LogP) is 2.73. The molecule has 6 nitrogen and oxygen atoms in total. The first kappa shape index (κ1) is 18.5. The van der Waals surface area contributed by atoms with Gasteiger partial charge in [0.15, 0.2) is 11.8 Å². The summed E-state index contributed by atoms with van der Waals surface area (Å²) in [4.78, 5) is 4.21. The van der Waals surface area contributed by atoms with Gasteiger partial charge >= 0.3 is 0 Å². The summed E-state index contributed by atoms with van der Waals surface area (Å²) >= 11 is 12.1. The molecule has 0 aliphatic carbocycles. The number of nitrogens with one attached hydrogen (secondary N) is 2. The van der Waals surface area contributed by atoms with Crippen molar-refractivity contribution >= 4 is 29.2 Å². The summed E-state index contributed by atoms with van der Waals surface area (Å²) in [5.74, 6) is 2.48. The summed E-state index contributed by atoms with van der Waals surface area (Å²) in [6.45, 7) is 3.28. The van der Waals surface area contributed by atoms with Crippen LogP contribution in [0.4, 0.5) is 0 Å². The zero-order valence-electron chi connectivity index (χ0n) is 14.1. The number of aliphatic imine (C=N–C) groups is 1. The second-order valence-electron chi connectivity index (χ2n) is 5.41. The number of hydrogen-bond donors (Lipinski definition) is 2. The fourth-order valence-electron chi connectivity index (χ4n) is 2.20. The minimum atomic E-state index is 0.569. The predicted molar refractivity (Wildman–Crippen MR) is 98.7 cm³/mol. The molecule has 2 N–H and O–H groups in total. The fourth-order valence-corrected chi connectivity index (χ4v) is 2.70. The molecule has 0 atom stereocenters. The molecule has 0 saturated heterocycles. The van der Waals surface area contributed by atoms with Crippen molar-refractivity contribution in [2.24, 2.45) is 12.0 Å². The van der Waals surface area contributed by atoms with Gasteiger partial charge in [0.05, 0.1) is 6.54 Å². The number of aryl methyl sites for hydroxylation is 2. The minimum Gasteiger partial charge on any atom is -0.356 e. The Labute approximate surface area is 152 Å². The molecule has 0 fully saturated rings. The van der Waals surface area contributed by atoms with Crippen LogP contribution < -0.4 is 10.6 Å². The molecular formula is C16H22Cl2N6. The van der Waals surface area contributed by atoms with Crippen LogP contribution in [0, 0.1) is 6.92 Å². The highest BCUT2D eigenvalue weighted by Gasteiger charge is 2.06. The molecule has 0 aliphatic rings. The van der Waals surface area contributed by atoms with Crippen molar-refractivity contribution in [3.8, 4) is 0 Å². The first-order chi connectivity index (χ1) is 11.5. The summed E-state index contributed by atoms with van der Waals surface area (Å²) in [5, 5.41) is 16.0. The number of halogens is 2. The Hall–Kier alpha value is -1.79. The zero-order chi connectivity index (χ0) is 17.5. The third-order valence-corrected chi connectivity index (χ3v) is 4.34. The minimum absolute atomic E-state index is 0.569. The molecule has 0 saturated carbocycles. The Balaban J connectivity index is 1.74. The van der Waals surface area contributed by atoms with Crippen LogP contribution >= 0.6 is 23.2 Å². The quantitative estimate of drug-likeness (QED) is 0.467. The topological polar surface area (TPSA) is 67.1 Å². The SMILES string of the molecule is CN=C(NCCCc1ccc(Cl)cc1Cl)NCc1nnc(C)n1C. The van der Waals surface area contributed by atoms with Gasteiger partial charge in [-0.2, -0.15) is 0 Å². The smallest absolute Gasteiger partial charge is 0.191 e. The molecule has 0 radical (unpaired) electrons. The molecule has 1 aromatic carbocycles. The van der Waals surface area contributed by atoms with Crippen molar-refractivity contribution < 1.29 is 0 Å². The van der Waals surface area contributed by atoms with E-state index in [0.29, 0.717) is 16.6 Å². The van der Waals surface area contributed by atoms with E-state index in [9.17, 15) is 0 Å². The molecular weight excluding hydrogens is 347 g/mol. The van der Waals surface area contributed by atoms with E-state index in [-0.39, 0.29) is 0 Å². The molecule has 0 amide bonds. The van der Waals surface area contributed by atoms with Gasteiger partial charge < -0.3 is 15.2 Å². The first-order valence-corrected chi connectivity index (χ1v) is 8.50. The molecule has 2 rings (SSSR count). The molecule has 8 heteroatoms. The molecule has 0 bridgehead atoms. The van der Waals surface area contributed by atoms with Crippen molar-refractivity contribution in [1.29, 1.82) is 0 Å². The second-order valence-corrected chi connectivity index (χ2v) is 6.26. The number of aromatic nitrogens is 3. The van der Waals surface area contributed by atoms with Crippen LogP contribution in [0.3, 0.4) is 0 Å². The summed E-state index contributed by atoms with van der Waals surface area (Å²) in [7, 11) is 3.69. The van der Waals surface area contributed by atoms with Gasteiger partial charge in [0, 0.05) is 30.7 Å². The highest BCUT2D eigenvalue weighted by Crippen LogP contribution is 2.21. The summed E-state index contributed by atoms with van der Waals surface area (Å²) < 4.78 is 1.95. The highest BCUT2D eigenvalue weighted by molar-refractivity contribution is 6.35. The number of nitrogens with zero attached hydrogens (tertiary/aromatic N) is 4. The molecule has 0 aliphatic heterocycles. The lowest BCUT2D eigenvalue weighted by atomic mass is 10.1. The van der Waals surface area contributed by atoms with Crippen LogP contribution in [0.1, 0.15) is 23.6 Å². The molecule has 0 spiro atoms. The highest BCUT2D eigenvalue weighted by atomic mass is 35.5. The molecule has 130 valence electrons. The van der Waals surface area contributed by atoms with Gasteiger partial charge in [-0.3, -0.25) is 4.99 Å². The Bertz CT molecular complexity index is 711. The summed E-state index contributed by atoms with van der Waals surface area (Å²) in [6.07, 6.45) is 1.81. The fraction of sp³-hybridized carbons (Fsp3) is 0.438. The van der Waals surface area contributed by atoms with E-state index < -0.39 is 0 Å².